The van der Waals surface area contributed by atoms with Crippen LogP contribution in [-0.4, -0.2) is 9.55 Å². The van der Waals surface area contributed by atoms with E-state index in [1.54, 1.807) is 0 Å². The molecule has 18 heavy (non-hydrogen) atoms. The van der Waals surface area contributed by atoms with Crippen LogP contribution in [-0.2, 0) is 13.0 Å². The van der Waals surface area contributed by atoms with Crippen molar-refractivity contribution in [2.75, 3.05) is 0 Å². The summed E-state index contributed by atoms with van der Waals surface area (Å²) < 4.78 is 2.43. The van der Waals surface area contributed by atoms with E-state index in [0.717, 1.165) is 13.0 Å². The first kappa shape index (κ1) is 11.5. The first-order valence-corrected chi connectivity index (χ1v) is 6.84. The van der Waals surface area contributed by atoms with Crippen LogP contribution in [0.15, 0.2) is 30.5 Å². The van der Waals surface area contributed by atoms with Crippen molar-refractivity contribution in [2.45, 2.75) is 45.6 Å². The Labute approximate surface area is 109 Å². The molecular weight excluding hydrogens is 220 g/mol. The molecule has 1 unspecified atom stereocenters. The van der Waals surface area contributed by atoms with Gasteiger partial charge in [0.25, 0.3) is 0 Å². The zero-order chi connectivity index (χ0) is 12.5. The fourth-order valence-corrected chi connectivity index (χ4v) is 2.90. The molecule has 1 atom stereocenters. The van der Waals surface area contributed by atoms with Gasteiger partial charge in [0.2, 0.25) is 0 Å². The van der Waals surface area contributed by atoms with Crippen molar-refractivity contribution >= 4 is 0 Å². The Balaban J connectivity index is 1.92. The van der Waals surface area contributed by atoms with Crippen LogP contribution in [0.5, 0.6) is 0 Å². The molecule has 2 heterocycles. The van der Waals surface area contributed by atoms with Crippen molar-refractivity contribution in [3.05, 3.63) is 53.1 Å². The van der Waals surface area contributed by atoms with Gasteiger partial charge >= 0.3 is 0 Å². The Bertz CT molecular complexity index is 554. The van der Waals surface area contributed by atoms with Crippen LogP contribution < -0.4 is 0 Å². The summed E-state index contributed by atoms with van der Waals surface area (Å²) in [5, 5.41) is 0. The maximum Gasteiger partial charge on any atom is 0.113 e. The summed E-state index contributed by atoms with van der Waals surface area (Å²) in [5.41, 5.74) is 4.17. The number of hydrogen-bond acceptors (Lipinski definition) is 1. The average Bonchev–Trinajstić information content (AvgIpc) is 2.77. The third kappa shape index (κ3) is 1.96. The third-order valence-corrected chi connectivity index (χ3v) is 4.10. The van der Waals surface area contributed by atoms with E-state index < -0.39 is 0 Å². The molecular formula is C16H20N2. The molecule has 1 aromatic heterocycles. The number of aromatic nitrogens is 2. The van der Waals surface area contributed by atoms with E-state index in [2.05, 4.69) is 53.9 Å². The van der Waals surface area contributed by atoms with Crippen molar-refractivity contribution in [3.63, 3.8) is 0 Å². The molecule has 0 fully saturated rings. The lowest BCUT2D eigenvalue weighted by atomic mass is 9.98. The summed E-state index contributed by atoms with van der Waals surface area (Å²) in [6, 6.07) is 8.61. The van der Waals surface area contributed by atoms with E-state index in [1.807, 2.05) is 0 Å². The molecule has 3 rings (SSSR count). The Morgan fingerprint density at radius 3 is 3.00 bits per heavy atom. The van der Waals surface area contributed by atoms with Crippen LogP contribution in [0.4, 0.5) is 0 Å². The average molecular weight is 240 g/mol. The number of imidazole rings is 1. The van der Waals surface area contributed by atoms with Crippen LogP contribution in [0, 0.1) is 6.92 Å². The van der Waals surface area contributed by atoms with Crippen LogP contribution in [0.2, 0.25) is 0 Å². The molecule has 1 aliphatic rings. The minimum Gasteiger partial charge on any atom is -0.332 e. The maximum absolute atomic E-state index is 4.65. The van der Waals surface area contributed by atoms with Crippen LogP contribution in [0.3, 0.4) is 0 Å². The number of rotatable bonds is 2. The highest BCUT2D eigenvalue weighted by Gasteiger charge is 2.19. The number of benzene rings is 1. The molecule has 2 heteroatoms. The Morgan fingerprint density at radius 1 is 1.33 bits per heavy atom. The van der Waals surface area contributed by atoms with E-state index >= 15 is 0 Å². The van der Waals surface area contributed by atoms with Crippen LogP contribution in [0.25, 0.3) is 0 Å². The predicted octanol–water partition coefficient (Wildman–Crippen LogP) is 3.68. The van der Waals surface area contributed by atoms with Crippen LogP contribution >= 0.6 is 0 Å². The van der Waals surface area contributed by atoms with Gasteiger partial charge in [-0.1, -0.05) is 31.2 Å². The normalized spacial score (nSPS) is 18.7. The molecule has 0 saturated carbocycles. The summed E-state index contributed by atoms with van der Waals surface area (Å²) in [5.74, 6) is 1.89. The van der Waals surface area contributed by atoms with Gasteiger partial charge in [-0.15, -0.1) is 0 Å². The van der Waals surface area contributed by atoms with Gasteiger partial charge in [0.15, 0.2) is 0 Å². The minimum absolute atomic E-state index is 0.664. The van der Waals surface area contributed by atoms with E-state index in [9.17, 15) is 0 Å². The Kier molecular flexibility index (Phi) is 2.94. The molecule has 94 valence electrons. The smallest absolute Gasteiger partial charge is 0.113 e. The zero-order valence-corrected chi connectivity index (χ0v) is 11.2. The standard InChI is InChI=1S/C16H20N2/c1-12-6-3-4-8-14(12)10-16-17-11-15-13(2)7-5-9-18(15)16/h3-4,6,8,11,13H,5,7,9-10H2,1-2H3. The maximum atomic E-state index is 4.65. The number of nitrogens with zero attached hydrogens (tertiary/aromatic N) is 2. The van der Waals surface area contributed by atoms with E-state index in [1.165, 1.54) is 35.5 Å². The monoisotopic (exact) mass is 240 g/mol. The lowest BCUT2D eigenvalue weighted by molar-refractivity contribution is 0.465. The van der Waals surface area contributed by atoms with Gasteiger partial charge in [-0.25, -0.2) is 4.98 Å². The quantitative estimate of drug-likeness (QED) is 0.783. The van der Waals surface area contributed by atoms with Crippen molar-refractivity contribution in [3.8, 4) is 0 Å². The second-order valence-electron chi connectivity index (χ2n) is 5.40. The van der Waals surface area contributed by atoms with Gasteiger partial charge in [0, 0.05) is 24.9 Å². The fraction of sp³-hybridized carbons (Fsp3) is 0.438. The largest absolute Gasteiger partial charge is 0.332 e. The second kappa shape index (κ2) is 4.60. The van der Waals surface area contributed by atoms with Crippen LogP contribution in [0.1, 0.15) is 48.3 Å². The van der Waals surface area contributed by atoms with Gasteiger partial charge in [-0.05, 0) is 36.8 Å². The highest BCUT2D eigenvalue weighted by atomic mass is 15.1. The summed E-state index contributed by atoms with van der Waals surface area (Å²) in [6.07, 6.45) is 5.62. The van der Waals surface area contributed by atoms with Crippen molar-refractivity contribution in [2.24, 2.45) is 0 Å². The summed E-state index contributed by atoms with van der Waals surface area (Å²) in [7, 11) is 0. The first-order chi connectivity index (χ1) is 8.75. The molecule has 0 aliphatic carbocycles. The molecule has 2 nitrogen and oxygen atoms in total. The van der Waals surface area contributed by atoms with Gasteiger partial charge in [0.1, 0.15) is 5.82 Å². The lowest BCUT2D eigenvalue weighted by Crippen LogP contribution is -2.15. The Hall–Kier alpha value is -1.57. The van der Waals surface area contributed by atoms with E-state index in [4.69, 9.17) is 0 Å². The van der Waals surface area contributed by atoms with Gasteiger partial charge < -0.3 is 4.57 Å². The molecule has 1 aliphatic heterocycles. The zero-order valence-electron chi connectivity index (χ0n) is 11.2. The summed E-state index contributed by atoms with van der Waals surface area (Å²) in [6.45, 7) is 5.63. The van der Waals surface area contributed by atoms with E-state index in [0.29, 0.717) is 5.92 Å². The highest BCUT2D eigenvalue weighted by Crippen LogP contribution is 2.28. The second-order valence-corrected chi connectivity index (χ2v) is 5.40. The topological polar surface area (TPSA) is 17.8 Å². The van der Waals surface area contributed by atoms with Gasteiger partial charge in [-0.2, -0.15) is 0 Å². The molecule has 0 bridgehead atoms. The van der Waals surface area contributed by atoms with Crippen molar-refractivity contribution in [1.29, 1.82) is 0 Å². The highest BCUT2D eigenvalue weighted by molar-refractivity contribution is 5.29. The molecule has 0 N–H and O–H groups in total. The van der Waals surface area contributed by atoms with Gasteiger partial charge in [0.05, 0.1) is 0 Å². The van der Waals surface area contributed by atoms with Gasteiger partial charge in [-0.3, -0.25) is 0 Å². The molecule has 0 amide bonds. The summed E-state index contributed by atoms with van der Waals surface area (Å²) >= 11 is 0. The predicted molar refractivity (Wildman–Crippen MR) is 73.9 cm³/mol. The summed E-state index contributed by atoms with van der Waals surface area (Å²) in [4.78, 5) is 4.65. The SMILES string of the molecule is Cc1ccccc1Cc1ncc2n1CCCC2C. The molecule has 0 spiro atoms. The minimum atomic E-state index is 0.664. The Morgan fingerprint density at radius 2 is 2.17 bits per heavy atom. The fourth-order valence-electron chi connectivity index (χ4n) is 2.90. The van der Waals surface area contributed by atoms with E-state index in [-0.39, 0.29) is 0 Å². The molecule has 0 radical (unpaired) electrons. The molecule has 0 saturated heterocycles. The third-order valence-electron chi connectivity index (χ3n) is 4.10. The lowest BCUT2D eigenvalue weighted by Gasteiger charge is -2.22. The first-order valence-electron chi connectivity index (χ1n) is 6.84. The molecule has 2 aromatic rings. The number of fused-ring (bicyclic) bond motifs is 1. The number of hydrogen-bond donors (Lipinski definition) is 0. The van der Waals surface area contributed by atoms with Crippen molar-refractivity contribution in [1.82, 2.24) is 9.55 Å². The van der Waals surface area contributed by atoms with Crippen molar-refractivity contribution < 1.29 is 0 Å². The molecule has 1 aromatic carbocycles. The number of aryl methyl sites for hydroxylation is 1.